The third kappa shape index (κ3) is 1.96. The average molecular weight is 155 g/mol. The van der Waals surface area contributed by atoms with E-state index in [0.717, 1.165) is 23.8 Å². The maximum atomic E-state index is 2.37. The molecule has 1 fully saturated rings. The van der Waals surface area contributed by atoms with Crippen molar-refractivity contribution in [2.24, 2.45) is 17.8 Å². The van der Waals surface area contributed by atoms with Gasteiger partial charge in [-0.3, -0.25) is 0 Å². The van der Waals surface area contributed by atoms with Crippen LogP contribution in [-0.4, -0.2) is 25.0 Å². The van der Waals surface area contributed by atoms with Crippen molar-refractivity contribution in [1.29, 1.82) is 0 Å². The molecule has 0 aliphatic heterocycles. The summed E-state index contributed by atoms with van der Waals surface area (Å²) >= 11 is 0. The molecule has 0 heterocycles. The van der Waals surface area contributed by atoms with E-state index in [-0.39, 0.29) is 0 Å². The van der Waals surface area contributed by atoms with Crippen LogP contribution in [0, 0.1) is 17.8 Å². The lowest BCUT2D eigenvalue weighted by atomic mass is 10.1. The van der Waals surface area contributed by atoms with E-state index in [2.05, 4.69) is 39.8 Å². The molecule has 11 heavy (non-hydrogen) atoms. The maximum Gasteiger partial charge on any atom is 0.0149 e. The Bertz CT molecular complexity index is 129. The minimum Gasteiger partial charge on any atom is -0.306 e. The largest absolute Gasteiger partial charge is 0.306 e. The standard InChI is InChI=1S/C10H21N/c1-7(2)6-9-8(3)10(9)11(4)5/h7-10H,6H2,1-5H3. The Hall–Kier alpha value is -0.0400. The molecule has 66 valence electrons. The lowest BCUT2D eigenvalue weighted by molar-refractivity contribution is 0.357. The molecule has 1 nitrogen and oxygen atoms in total. The van der Waals surface area contributed by atoms with Crippen LogP contribution in [0.2, 0.25) is 0 Å². The minimum atomic E-state index is 0.868. The molecule has 1 rings (SSSR count). The SMILES string of the molecule is CC(C)CC1C(C)C1N(C)C. The van der Waals surface area contributed by atoms with Gasteiger partial charge in [0.1, 0.15) is 0 Å². The summed E-state index contributed by atoms with van der Waals surface area (Å²) in [7, 11) is 4.39. The van der Waals surface area contributed by atoms with Crippen molar-refractivity contribution < 1.29 is 0 Å². The third-order valence-electron chi connectivity index (χ3n) is 2.85. The summed E-state index contributed by atoms with van der Waals surface area (Å²) in [6, 6.07) is 0.873. The maximum absolute atomic E-state index is 2.37. The van der Waals surface area contributed by atoms with Gasteiger partial charge < -0.3 is 4.90 Å². The summed E-state index contributed by atoms with van der Waals surface area (Å²) in [6.07, 6.45) is 1.41. The first kappa shape index (κ1) is 9.05. The van der Waals surface area contributed by atoms with Gasteiger partial charge >= 0.3 is 0 Å². The zero-order valence-electron chi connectivity index (χ0n) is 8.46. The van der Waals surface area contributed by atoms with Gasteiger partial charge in [-0.25, -0.2) is 0 Å². The van der Waals surface area contributed by atoms with E-state index in [1.807, 2.05) is 0 Å². The van der Waals surface area contributed by atoms with Crippen LogP contribution in [0.15, 0.2) is 0 Å². The number of hydrogen-bond acceptors (Lipinski definition) is 1. The molecule has 0 spiro atoms. The van der Waals surface area contributed by atoms with Crippen LogP contribution in [0.1, 0.15) is 27.2 Å². The first-order valence-electron chi connectivity index (χ1n) is 4.70. The molecule has 3 unspecified atom stereocenters. The molecule has 3 atom stereocenters. The predicted molar refractivity (Wildman–Crippen MR) is 49.6 cm³/mol. The van der Waals surface area contributed by atoms with Crippen molar-refractivity contribution in [3.05, 3.63) is 0 Å². The van der Waals surface area contributed by atoms with Gasteiger partial charge in [-0.2, -0.15) is 0 Å². The van der Waals surface area contributed by atoms with Gasteiger partial charge in [0.05, 0.1) is 0 Å². The van der Waals surface area contributed by atoms with E-state index in [0.29, 0.717) is 0 Å². The van der Waals surface area contributed by atoms with Gasteiger partial charge in [0.25, 0.3) is 0 Å². The zero-order valence-corrected chi connectivity index (χ0v) is 8.46. The normalized spacial score (nSPS) is 36.8. The molecule has 0 saturated heterocycles. The second-order valence-electron chi connectivity index (χ2n) is 4.61. The van der Waals surface area contributed by atoms with Crippen LogP contribution >= 0.6 is 0 Å². The van der Waals surface area contributed by atoms with Crippen LogP contribution in [-0.2, 0) is 0 Å². The van der Waals surface area contributed by atoms with Gasteiger partial charge in [0, 0.05) is 6.04 Å². The number of nitrogens with zero attached hydrogens (tertiary/aromatic N) is 1. The average Bonchev–Trinajstić information content (AvgIpc) is 2.40. The molecule has 1 aliphatic carbocycles. The minimum absolute atomic E-state index is 0.868. The summed E-state index contributed by atoms with van der Waals surface area (Å²) < 4.78 is 0. The Kier molecular flexibility index (Phi) is 2.58. The molecule has 0 N–H and O–H groups in total. The second-order valence-corrected chi connectivity index (χ2v) is 4.61. The lowest BCUT2D eigenvalue weighted by Crippen LogP contribution is -2.17. The summed E-state index contributed by atoms with van der Waals surface area (Å²) in [5.74, 6) is 2.78. The Labute approximate surface area is 70.8 Å². The molecule has 0 aromatic rings. The van der Waals surface area contributed by atoms with Gasteiger partial charge in [0.15, 0.2) is 0 Å². The second kappa shape index (κ2) is 3.14. The highest BCUT2D eigenvalue weighted by Gasteiger charge is 2.47. The van der Waals surface area contributed by atoms with Gasteiger partial charge in [-0.1, -0.05) is 20.8 Å². The molecule has 1 saturated carbocycles. The summed E-state index contributed by atoms with van der Waals surface area (Å²) in [4.78, 5) is 2.37. The van der Waals surface area contributed by atoms with E-state index in [9.17, 15) is 0 Å². The molecule has 0 aromatic heterocycles. The Morgan fingerprint density at radius 1 is 1.27 bits per heavy atom. The monoisotopic (exact) mass is 155 g/mol. The predicted octanol–water partition coefficient (Wildman–Crippen LogP) is 2.23. The smallest absolute Gasteiger partial charge is 0.0149 e. The first-order valence-corrected chi connectivity index (χ1v) is 4.70. The van der Waals surface area contributed by atoms with Gasteiger partial charge in [-0.05, 0) is 38.3 Å². The first-order chi connectivity index (χ1) is 5.04. The van der Waals surface area contributed by atoms with E-state index < -0.39 is 0 Å². The van der Waals surface area contributed by atoms with Crippen LogP contribution in [0.5, 0.6) is 0 Å². The fourth-order valence-electron chi connectivity index (χ4n) is 2.27. The highest BCUT2D eigenvalue weighted by atomic mass is 15.1. The quantitative estimate of drug-likeness (QED) is 0.604. The lowest BCUT2D eigenvalue weighted by Gasteiger charge is -2.09. The van der Waals surface area contributed by atoms with Gasteiger partial charge in [-0.15, -0.1) is 0 Å². The fourth-order valence-corrected chi connectivity index (χ4v) is 2.27. The Morgan fingerprint density at radius 3 is 2.09 bits per heavy atom. The summed E-state index contributed by atoms with van der Waals surface area (Å²) in [6.45, 7) is 7.01. The topological polar surface area (TPSA) is 3.24 Å². The van der Waals surface area contributed by atoms with Crippen molar-refractivity contribution in [3.63, 3.8) is 0 Å². The van der Waals surface area contributed by atoms with Gasteiger partial charge in [0.2, 0.25) is 0 Å². The van der Waals surface area contributed by atoms with E-state index in [1.54, 1.807) is 0 Å². The van der Waals surface area contributed by atoms with Crippen molar-refractivity contribution in [1.82, 2.24) is 4.90 Å². The molecular formula is C10H21N. The highest BCUT2D eigenvalue weighted by Crippen LogP contribution is 2.45. The van der Waals surface area contributed by atoms with Crippen LogP contribution in [0.25, 0.3) is 0 Å². The number of hydrogen-bond donors (Lipinski definition) is 0. The molecule has 0 aromatic carbocycles. The number of rotatable bonds is 3. The van der Waals surface area contributed by atoms with E-state index in [1.165, 1.54) is 6.42 Å². The Morgan fingerprint density at radius 2 is 1.82 bits per heavy atom. The summed E-state index contributed by atoms with van der Waals surface area (Å²) in [5, 5.41) is 0. The van der Waals surface area contributed by atoms with Crippen molar-refractivity contribution in [2.45, 2.75) is 33.2 Å². The van der Waals surface area contributed by atoms with Crippen LogP contribution < -0.4 is 0 Å². The van der Waals surface area contributed by atoms with Crippen molar-refractivity contribution in [2.75, 3.05) is 14.1 Å². The fraction of sp³-hybridized carbons (Fsp3) is 1.00. The van der Waals surface area contributed by atoms with Crippen LogP contribution in [0.4, 0.5) is 0 Å². The highest BCUT2D eigenvalue weighted by molar-refractivity contribution is 5.00. The molecule has 1 aliphatic rings. The molecular weight excluding hydrogens is 134 g/mol. The molecule has 1 heteroatoms. The zero-order chi connectivity index (χ0) is 8.59. The summed E-state index contributed by atoms with van der Waals surface area (Å²) in [5.41, 5.74) is 0. The van der Waals surface area contributed by atoms with Crippen LogP contribution in [0.3, 0.4) is 0 Å². The molecule has 0 bridgehead atoms. The third-order valence-corrected chi connectivity index (χ3v) is 2.85. The van der Waals surface area contributed by atoms with E-state index >= 15 is 0 Å². The van der Waals surface area contributed by atoms with Crippen molar-refractivity contribution in [3.8, 4) is 0 Å². The Balaban J connectivity index is 2.30. The molecule has 0 radical (unpaired) electrons. The van der Waals surface area contributed by atoms with E-state index in [4.69, 9.17) is 0 Å². The van der Waals surface area contributed by atoms with Crippen molar-refractivity contribution >= 4 is 0 Å². The molecule has 0 amide bonds.